The molecule has 0 atom stereocenters. The van der Waals surface area contributed by atoms with Crippen molar-refractivity contribution in [2.75, 3.05) is 0 Å². The standard InChI is InChI=1S/C17H15F3N6O2/c1-3-4-11(2)26-13(5-6-21-26)15-16(28)14(27)9-25(23-15)12-7-22-24(8-12)10-17(18,19)20/h3-9,27H,1,10H2,2H3/b11-4+. The van der Waals surface area contributed by atoms with Crippen LogP contribution in [0.3, 0.4) is 0 Å². The van der Waals surface area contributed by atoms with Gasteiger partial charge in [0.1, 0.15) is 12.2 Å². The second kappa shape index (κ2) is 7.18. The third-order valence-electron chi connectivity index (χ3n) is 3.70. The van der Waals surface area contributed by atoms with Gasteiger partial charge in [-0.05, 0) is 19.1 Å². The zero-order valence-corrected chi connectivity index (χ0v) is 14.6. The highest BCUT2D eigenvalue weighted by atomic mass is 19.4. The molecule has 0 aliphatic rings. The van der Waals surface area contributed by atoms with E-state index in [2.05, 4.69) is 21.9 Å². The van der Waals surface area contributed by atoms with Gasteiger partial charge < -0.3 is 5.11 Å². The normalized spacial score (nSPS) is 12.4. The molecular weight excluding hydrogens is 377 g/mol. The van der Waals surface area contributed by atoms with Crippen LogP contribution in [0.25, 0.3) is 22.8 Å². The molecule has 0 aromatic carbocycles. The second-order valence-corrected chi connectivity index (χ2v) is 5.82. The van der Waals surface area contributed by atoms with E-state index >= 15 is 0 Å². The molecule has 0 aliphatic heterocycles. The van der Waals surface area contributed by atoms with Crippen LogP contribution in [0, 0.1) is 0 Å². The van der Waals surface area contributed by atoms with E-state index in [1.807, 2.05) is 0 Å². The highest BCUT2D eigenvalue weighted by Gasteiger charge is 2.28. The molecular formula is C17H15F3N6O2. The van der Waals surface area contributed by atoms with Crippen molar-refractivity contribution in [3.05, 3.63) is 59.8 Å². The predicted molar refractivity (Wildman–Crippen MR) is 94.7 cm³/mol. The van der Waals surface area contributed by atoms with E-state index in [9.17, 15) is 23.1 Å². The molecule has 3 heterocycles. The molecule has 0 aliphatic carbocycles. The SMILES string of the molecule is C=C/C=C(\C)n1nccc1-c1nn(-c2cnn(CC(F)(F)F)c2)cc(O)c1=O. The first kappa shape index (κ1) is 19.1. The van der Waals surface area contributed by atoms with E-state index in [4.69, 9.17) is 0 Å². The number of allylic oxidation sites excluding steroid dienone is 3. The molecule has 28 heavy (non-hydrogen) atoms. The summed E-state index contributed by atoms with van der Waals surface area (Å²) in [4.78, 5) is 12.4. The van der Waals surface area contributed by atoms with Gasteiger partial charge in [0, 0.05) is 5.70 Å². The molecule has 0 saturated heterocycles. The van der Waals surface area contributed by atoms with Gasteiger partial charge in [0.25, 0.3) is 5.43 Å². The van der Waals surface area contributed by atoms with Crippen molar-refractivity contribution < 1.29 is 18.3 Å². The zero-order chi connectivity index (χ0) is 20.5. The molecule has 0 fully saturated rings. The Morgan fingerprint density at radius 1 is 1.32 bits per heavy atom. The van der Waals surface area contributed by atoms with Gasteiger partial charge in [0.2, 0.25) is 0 Å². The van der Waals surface area contributed by atoms with Crippen molar-refractivity contribution in [3.8, 4) is 22.8 Å². The van der Waals surface area contributed by atoms with Crippen LogP contribution >= 0.6 is 0 Å². The van der Waals surface area contributed by atoms with E-state index in [0.717, 1.165) is 23.3 Å². The molecule has 1 N–H and O–H groups in total. The summed E-state index contributed by atoms with van der Waals surface area (Å²) in [5, 5.41) is 21.9. The fourth-order valence-electron chi connectivity index (χ4n) is 2.52. The number of rotatable bonds is 5. The number of hydrogen-bond donors (Lipinski definition) is 1. The molecule has 0 radical (unpaired) electrons. The Bertz CT molecular complexity index is 1110. The quantitative estimate of drug-likeness (QED) is 0.674. The van der Waals surface area contributed by atoms with Crippen LogP contribution in [0.4, 0.5) is 13.2 Å². The Hall–Kier alpha value is -3.63. The van der Waals surface area contributed by atoms with Gasteiger partial charge >= 0.3 is 6.18 Å². The van der Waals surface area contributed by atoms with Crippen LogP contribution in [0.1, 0.15) is 6.92 Å². The van der Waals surface area contributed by atoms with Gasteiger partial charge in [-0.25, -0.2) is 9.36 Å². The van der Waals surface area contributed by atoms with Gasteiger partial charge in [-0.2, -0.15) is 28.5 Å². The lowest BCUT2D eigenvalue weighted by Gasteiger charge is -2.09. The van der Waals surface area contributed by atoms with Crippen LogP contribution < -0.4 is 5.43 Å². The largest absolute Gasteiger partial charge is 0.503 e. The number of aromatic hydroxyl groups is 1. The Morgan fingerprint density at radius 2 is 2.07 bits per heavy atom. The minimum Gasteiger partial charge on any atom is -0.503 e. The fraction of sp³-hybridized carbons (Fsp3) is 0.176. The maximum atomic E-state index is 12.5. The van der Waals surface area contributed by atoms with Gasteiger partial charge in [0.15, 0.2) is 11.4 Å². The van der Waals surface area contributed by atoms with Crippen molar-refractivity contribution in [2.24, 2.45) is 0 Å². The molecule has 146 valence electrons. The van der Waals surface area contributed by atoms with Crippen molar-refractivity contribution in [1.82, 2.24) is 29.3 Å². The summed E-state index contributed by atoms with van der Waals surface area (Å²) in [6.45, 7) is 4.06. The average Bonchev–Trinajstić information content (AvgIpc) is 3.25. The van der Waals surface area contributed by atoms with Crippen molar-refractivity contribution in [1.29, 1.82) is 0 Å². The minimum absolute atomic E-state index is 0.127. The summed E-state index contributed by atoms with van der Waals surface area (Å²) in [7, 11) is 0. The lowest BCUT2D eigenvalue weighted by Crippen LogP contribution is -2.18. The number of nitrogens with zero attached hydrogens (tertiary/aromatic N) is 6. The molecule has 8 nitrogen and oxygen atoms in total. The molecule has 3 aromatic heterocycles. The predicted octanol–water partition coefficient (Wildman–Crippen LogP) is 2.61. The molecule has 3 rings (SSSR count). The number of aromatic nitrogens is 6. The Morgan fingerprint density at radius 3 is 2.75 bits per heavy atom. The van der Waals surface area contributed by atoms with E-state index in [-0.39, 0.29) is 11.4 Å². The third kappa shape index (κ3) is 3.87. The van der Waals surface area contributed by atoms with E-state index < -0.39 is 23.9 Å². The molecule has 0 unspecified atom stereocenters. The highest BCUT2D eigenvalue weighted by molar-refractivity contribution is 5.62. The Balaban J connectivity index is 2.09. The summed E-state index contributed by atoms with van der Waals surface area (Å²) in [5.41, 5.74) is 0.215. The zero-order valence-electron chi connectivity index (χ0n) is 14.6. The van der Waals surface area contributed by atoms with Crippen molar-refractivity contribution in [2.45, 2.75) is 19.6 Å². The summed E-state index contributed by atoms with van der Waals surface area (Å²) in [5.74, 6) is -0.619. The monoisotopic (exact) mass is 392 g/mol. The minimum atomic E-state index is -4.44. The summed E-state index contributed by atoms with van der Waals surface area (Å²) >= 11 is 0. The lowest BCUT2D eigenvalue weighted by atomic mass is 10.2. The number of halogens is 3. The summed E-state index contributed by atoms with van der Waals surface area (Å²) < 4.78 is 40.7. The molecule has 3 aromatic rings. The third-order valence-corrected chi connectivity index (χ3v) is 3.70. The molecule has 0 spiro atoms. The highest BCUT2D eigenvalue weighted by Crippen LogP contribution is 2.21. The van der Waals surface area contributed by atoms with Crippen LogP contribution in [0.5, 0.6) is 5.75 Å². The second-order valence-electron chi connectivity index (χ2n) is 5.82. The van der Waals surface area contributed by atoms with Crippen LogP contribution in [0.15, 0.2) is 54.4 Å². The summed E-state index contributed by atoms with van der Waals surface area (Å²) in [6.07, 6.45) is 3.49. The van der Waals surface area contributed by atoms with E-state index in [1.54, 1.807) is 19.1 Å². The van der Waals surface area contributed by atoms with Crippen molar-refractivity contribution >= 4 is 5.70 Å². The fourth-order valence-corrected chi connectivity index (χ4v) is 2.52. The number of alkyl halides is 3. The Labute approximate surface area is 156 Å². The van der Waals surface area contributed by atoms with Gasteiger partial charge in [-0.3, -0.25) is 9.48 Å². The molecule has 0 saturated carbocycles. The van der Waals surface area contributed by atoms with Gasteiger partial charge in [-0.1, -0.05) is 12.7 Å². The first-order valence-corrected chi connectivity index (χ1v) is 7.96. The molecule has 0 amide bonds. The van der Waals surface area contributed by atoms with Crippen LogP contribution in [0.2, 0.25) is 0 Å². The van der Waals surface area contributed by atoms with Gasteiger partial charge in [0.05, 0.1) is 30.5 Å². The van der Waals surface area contributed by atoms with Crippen LogP contribution in [-0.2, 0) is 6.54 Å². The molecule has 11 heteroatoms. The van der Waals surface area contributed by atoms with E-state index in [0.29, 0.717) is 16.1 Å². The maximum absolute atomic E-state index is 12.5. The first-order valence-electron chi connectivity index (χ1n) is 7.96. The average molecular weight is 392 g/mol. The topological polar surface area (TPSA) is 90.8 Å². The smallest absolute Gasteiger partial charge is 0.408 e. The summed E-state index contributed by atoms with van der Waals surface area (Å²) in [6, 6.07) is 1.53. The van der Waals surface area contributed by atoms with Gasteiger partial charge in [-0.15, -0.1) is 0 Å². The Kier molecular flexibility index (Phi) is 4.91. The first-order chi connectivity index (χ1) is 13.2. The van der Waals surface area contributed by atoms with Crippen LogP contribution in [-0.4, -0.2) is 40.6 Å². The lowest BCUT2D eigenvalue weighted by molar-refractivity contribution is -0.142. The van der Waals surface area contributed by atoms with E-state index in [1.165, 1.54) is 16.9 Å². The number of hydrogen-bond acceptors (Lipinski definition) is 5. The molecule has 0 bridgehead atoms. The van der Waals surface area contributed by atoms with Crippen molar-refractivity contribution in [3.63, 3.8) is 0 Å². The maximum Gasteiger partial charge on any atom is 0.408 e.